The Kier molecular flexibility index (Phi) is 15.2. The Balaban J connectivity index is 0.625. The van der Waals surface area contributed by atoms with E-state index in [9.17, 15) is 0 Å². The number of aromatic nitrogens is 8. The maximum atomic E-state index is 7.41. The van der Waals surface area contributed by atoms with Gasteiger partial charge in [-0.15, -0.1) is 11.3 Å². The number of para-hydroxylation sites is 3. The first-order valence-corrected chi connectivity index (χ1v) is 37.7. The third-order valence-corrected chi connectivity index (χ3v) is 23.7. The van der Waals surface area contributed by atoms with Gasteiger partial charge < -0.3 is 22.9 Å². The zero-order valence-corrected chi connectivity index (χ0v) is 59.7. The second-order valence-corrected chi connectivity index (χ2v) is 30.1. The monoisotopic (exact) mass is 1380 g/mol. The van der Waals surface area contributed by atoms with Gasteiger partial charge in [-0.3, -0.25) is 14.5 Å². The lowest BCUT2D eigenvalue weighted by atomic mass is 9.77. The molecule has 0 atom stereocenters. The highest BCUT2D eigenvalue weighted by Gasteiger charge is 2.31. The van der Waals surface area contributed by atoms with Crippen LogP contribution in [0.2, 0.25) is 0 Å². The van der Waals surface area contributed by atoms with Gasteiger partial charge in [-0.25, -0.2) is 9.97 Å². The number of pyridine rings is 2. The van der Waals surface area contributed by atoms with Crippen molar-refractivity contribution in [2.75, 3.05) is 0 Å². The number of hydrogen-bond acceptors (Lipinski definition) is 7. The first-order chi connectivity index (χ1) is 51.7. The predicted molar refractivity (Wildman–Crippen MR) is 433 cm³/mol. The van der Waals surface area contributed by atoms with Crippen molar-refractivity contribution in [3.05, 3.63) is 302 Å². The van der Waals surface area contributed by atoms with Crippen LogP contribution >= 0.6 is 11.3 Å². The van der Waals surface area contributed by atoms with Crippen molar-refractivity contribution in [3.8, 4) is 67.3 Å². The van der Waals surface area contributed by atoms with E-state index in [0.717, 1.165) is 148 Å². The molecule has 0 aliphatic heterocycles. The van der Waals surface area contributed by atoms with E-state index in [0.29, 0.717) is 19.4 Å². The minimum Gasteiger partial charge on any atom is -0.453 e. The predicted octanol–water partition coefficient (Wildman–Crippen LogP) is 25.1. The second-order valence-electron chi connectivity index (χ2n) is 29.1. The fraction of sp³-hybridized carbons (Fsp3) is 0.149. The summed E-state index contributed by atoms with van der Waals surface area (Å²) in [6.07, 6.45) is 13.9. The van der Waals surface area contributed by atoms with E-state index in [1.165, 1.54) is 64.1 Å². The number of benzene rings is 11. The molecule has 1 aliphatic rings. The molecule has 19 aromatic rings. The Morgan fingerprint density at radius 1 is 0.429 bits per heavy atom. The third-order valence-electron chi connectivity index (χ3n) is 22.5. The van der Waals surface area contributed by atoms with Crippen LogP contribution in [0.5, 0.6) is 0 Å². The normalized spacial score (nSPS) is 14.4. The minimum absolute atomic E-state index is 0.233. The van der Waals surface area contributed by atoms with Crippen LogP contribution in [0.15, 0.2) is 284 Å². The molecule has 1 saturated carbocycles. The van der Waals surface area contributed by atoms with E-state index >= 15 is 0 Å². The van der Waals surface area contributed by atoms with Gasteiger partial charge in [-0.2, -0.15) is 0 Å². The highest BCUT2D eigenvalue weighted by atomic mass is 32.1. The first-order valence-electron chi connectivity index (χ1n) is 36.8. The third kappa shape index (κ3) is 10.4. The van der Waals surface area contributed by atoms with Crippen LogP contribution in [-0.4, -0.2) is 38.2 Å². The van der Waals surface area contributed by atoms with Crippen molar-refractivity contribution >= 4 is 108 Å². The summed E-state index contributed by atoms with van der Waals surface area (Å²) in [6.45, 7) is 9.88. The molecule has 105 heavy (non-hydrogen) atoms. The molecule has 8 heterocycles. The van der Waals surface area contributed by atoms with E-state index in [4.69, 9.17) is 29.1 Å². The van der Waals surface area contributed by atoms with E-state index in [-0.39, 0.29) is 17.8 Å². The molecule has 1 fully saturated rings. The molecule has 0 radical (unpaired) electrons. The van der Waals surface area contributed by atoms with Gasteiger partial charge in [0.1, 0.15) is 24.9 Å². The van der Waals surface area contributed by atoms with Gasteiger partial charge in [-0.1, -0.05) is 179 Å². The molecule has 0 unspecified atom stereocenters. The van der Waals surface area contributed by atoms with Gasteiger partial charge >= 0.3 is 0 Å². The van der Waals surface area contributed by atoms with Crippen LogP contribution in [0, 0.1) is 0 Å². The number of thiophene rings is 1. The second kappa shape index (κ2) is 25.4. The molecule has 10 nitrogen and oxygen atoms in total. The Labute approximate surface area is 611 Å². The molecule has 20 rings (SSSR count). The van der Waals surface area contributed by atoms with Crippen molar-refractivity contribution in [2.45, 2.75) is 90.5 Å². The van der Waals surface area contributed by atoms with Crippen LogP contribution in [-0.2, 0) is 18.2 Å². The topological polar surface area (TPSA) is 93.7 Å². The van der Waals surface area contributed by atoms with Crippen LogP contribution in [0.3, 0.4) is 0 Å². The molecular weight excluding hydrogens is 1310 g/mol. The number of imidazole rings is 2. The summed E-state index contributed by atoms with van der Waals surface area (Å²) in [5.41, 5.74) is 25.2. The van der Waals surface area contributed by atoms with Gasteiger partial charge in [-0.05, 0) is 179 Å². The molecule has 0 amide bonds. The smallest absolute Gasteiger partial charge is 0.159 e. The standard InChI is InChI=1S/C94H74N8O2S/c1-57(2)63-50-77(73-27-17-33-85-90(73)98-54-99(85)55-103-56-101-81-31-12-9-23-69(81)70-24-10-13-32-82(70)101)91-78(51-63)79-52-64(58(3)4)53-87(92(79)104-91)100-47-46-97-94(100)60-38-36-59(37-39-60)67-29-19-45-96-89(67)72-26-8-6-21-66(72)62-41-43-84-76(49-62)75-48-61(65-20-5-7-22-68(65)80-30-15-16-44-95-80)40-42-83(75)102(84)86-34-18-28-74-71-25-11-14-35-88(71)105-93(74)86/h5-35,40-54,57-60H,36-39,55-56H2,1-4H3. The van der Waals surface area contributed by atoms with Crippen LogP contribution in [0.25, 0.3) is 164 Å². The van der Waals surface area contributed by atoms with Crippen molar-refractivity contribution < 1.29 is 9.15 Å². The molecule has 11 heteroatoms. The van der Waals surface area contributed by atoms with Crippen LogP contribution in [0.1, 0.15) is 99.6 Å². The molecule has 0 saturated heterocycles. The van der Waals surface area contributed by atoms with E-state index in [1.807, 2.05) is 42.3 Å². The number of ether oxygens (including phenoxy) is 1. The van der Waals surface area contributed by atoms with Crippen molar-refractivity contribution in [1.82, 2.24) is 38.2 Å². The van der Waals surface area contributed by atoms with Crippen molar-refractivity contribution in [1.29, 1.82) is 0 Å². The maximum Gasteiger partial charge on any atom is 0.159 e. The number of nitrogens with zero attached hydrogens (tertiary/aromatic N) is 8. The molecule has 8 aromatic heterocycles. The Morgan fingerprint density at radius 2 is 1.04 bits per heavy atom. The zero-order chi connectivity index (χ0) is 70.0. The molecule has 0 N–H and O–H groups in total. The lowest BCUT2D eigenvalue weighted by molar-refractivity contribution is 0.0339. The first kappa shape index (κ1) is 62.7. The summed E-state index contributed by atoms with van der Waals surface area (Å²) < 4.78 is 25.8. The summed E-state index contributed by atoms with van der Waals surface area (Å²) in [4.78, 5) is 20.5. The quantitative estimate of drug-likeness (QED) is 0.102. The number of rotatable bonds is 15. The molecule has 0 bridgehead atoms. The van der Waals surface area contributed by atoms with E-state index in [1.54, 1.807) is 0 Å². The molecule has 11 aromatic carbocycles. The van der Waals surface area contributed by atoms with Crippen LogP contribution < -0.4 is 0 Å². The Hall–Kier alpha value is -12.0. The summed E-state index contributed by atoms with van der Waals surface area (Å²) in [7, 11) is 0. The lowest BCUT2D eigenvalue weighted by Crippen LogP contribution is -2.16. The Morgan fingerprint density at radius 3 is 1.77 bits per heavy atom. The molecule has 508 valence electrons. The Bertz CT molecular complexity index is 6580. The van der Waals surface area contributed by atoms with Gasteiger partial charge in [0.15, 0.2) is 5.58 Å². The maximum absolute atomic E-state index is 7.41. The highest BCUT2D eigenvalue weighted by Crippen LogP contribution is 2.49. The largest absolute Gasteiger partial charge is 0.453 e. The van der Waals surface area contributed by atoms with Crippen LogP contribution in [0.4, 0.5) is 0 Å². The van der Waals surface area contributed by atoms with Crippen molar-refractivity contribution in [2.24, 2.45) is 0 Å². The number of hydrogen-bond donors (Lipinski definition) is 0. The summed E-state index contributed by atoms with van der Waals surface area (Å²) in [6, 6.07) is 90.9. The van der Waals surface area contributed by atoms with Gasteiger partial charge in [0.2, 0.25) is 0 Å². The average Bonchev–Trinajstić information content (AvgIpc) is 1.58. The molecule has 1 aliphatic carbocycles. The number of furan rings is 1. The van der Waals surface area contributed by atoms with Crippen molar-refractivity contribution in [3.63, 3.8) is 0 Å². The highest BCUT2D eigenvalue weighted by molar-refractivity contribution is 7.26. The lowest BCUT2D eigenvalue weighted by Gasteiger charge is -2.30. The molecule has 0 spiro atoms. The number of fused-ring (bicyclic) bond motifs is 13. The minimum atomic E-state index is 0.233. The van der Waals surface area contributed by atoms with Gasteiger partial charge in [0.05, 0.1) is 66.9 Å². The van der Waals surface area contributed by atoms with E-state index in [2.05, 4.69) is 295 Å². The summed E-state index contributed by atoms with van der Waals surface area (Å²) >= 11 is 1.87. The summed E-state index contributed by atoms with van der Waals surface area (Å²) in [5.74, 6) is 2.15. The van der Waals surface area contributed by atoms with Gasteiger partial charge in [0.25, 0.3) is 0 Å². The fourth-order valence-electron chi connectivity index (χ4n) is 17.2. The SMILES string of the molecule is CC(C)c1cc(-c2cccc3c2ncn3COCn2c3ccccc3c3ccccc32)c2oc3c(-n4ccnc4C4CCC(c5cccnc5-c5ccccc5-c5ccc6c(c5)c5cc(-c7ccccc7-c7ccccn7)ccc5n6-c5cccc6c5sc5ccccc56)CC4)cc(C(C)C)cc3c2c1. The zero-order valence-electron chi connectivity index (χ0n) is 58.9. The summed E-state index contributed by atoms with van der Waals surface area (Å²) in [5, 5.41) is 9.62. The average molecular weight is 1380 g/mol. The van der Waals surface area contributed by atoms with Gasteiger partial charge in [0, 0.05) is 101 Å². The molecular formula is C94H74N8O2S. The fourth-order valence-corrected chi connectivity index (χ4v) is 18.4. The van der Waals surface area contributed by atoms with E-state index < -0.39 is 0 Å².